The molecule has 0 bridgehead atoms. The Labute approximate surface area is 171 Å². The lowest BCUT2D eigenvalue weighted by Crippen LogP contribution is -2.25. The van der Waals surface area contributed by atoms with Gasteiger partial charge in [-0.2, -0.15) is 0 Å². The first-order valence-corrected chi connectivity index (χ1v) is 11.3. The molecule has 0 heterocycles. The summed E-state index contributed by atoms with van der Waals surface area (Å²) in [5.41, 5.74) is 0. The van der Waals surface area contributed by atoms with Crippen LogP contribution in [0.3, 0.4) is 0 Å². The van der Waals surface area contributed by atoms with Crippen molar-refractivity contribution in [1.29, 1.82) is 0 Å². The molecule has 0 spiro atoms. The summed E-state index contributed by atoms with van der Waals surface area (Å²) in [7, 11) is 0. The van der Waals surface area contributed by atoms with E-state index >= 15 is 0 Å². The van der Waals surface area contributed by atoms with Gasteiger partial charge in [0, 0.05) is 25.9 Å². The Hall–Kier alpha value is -1.59. The molecule has 0 radical (unpaired) electrons. The molecule has 0 aliphatic heterocycles. The van der Waals surface area contributed by atoms with Crippen molar-refractivity contribution in [3.05, 3.63) is 0 Å². The Morgan fingerprint density at radius 3 is 1.36 bits per heavy atom. The van der Waals surface area contributed by atoms with Crippen molar-refractivity contribution in [2.75, 3.05) is 13.1 Å². The lowest BCUT2D eigenvalue weighted by atomic mass is 10.0. The minimum atomic E-state index is -0.884. The van der Waals surface area contributed by atoms with Crippen LogP contribution < -0.4 is 10.6 Å². The van der Waals surface area contributed by atoms with Gasteiger partial charge in [-0.1, -0.05) is 71.1 Å². The normalized spacial score (nSPS) is 10.6. The molecule has 28 heavy (non-hydrogen) atoms. The number of hydrogen-bond donors (Lipinski definition) is 3. The number of carbonyl (C=O) groups is 3. The van der Waals surface area contributed by atoms with E-state index in [0.717, 1.165) is 51.5 Å². The van der Waals surface area contributed by atoms with Crippen molar-refractivity contribution in [1.82, 2.24) is 10.6 Å². The van der Waals surface area contributed by atoms with Crippen molar-refractivity contribution in [3.63, 3.8) is 0 Å². The molecule has 0 atom stereocenters. The molecule has 0 aromatic rings. The molecule has 0 aromatic carbocycles. The molecule has 0 aliphatic carbocycles. The molecule has 0 aromatic heterocycles. The van der Waals surface area contributed by atoms with E-state index in [1.165, 1.54) is 38.5 Å². The van der Waals surface area contributed by atoms with E-state index in [1.807, 2.05) is 0 Å². The molecule has 0 saturated heterocycles. The molecule has 0 unspecified atom stereocenters. The maximum atomic E-state index is 11.6. The fourth-order valence-electron chi connectivity index (χ4n) is 3.05. The van der Waals surface area contributed by atoms with Crippen LogP contribution >= 0.6 is 0 Å². The summed E-state index contributed by atoms with van der Waals surface area (Å²) >= 11 is 0. The van der Waals surface area contributed by atoms with Gasteiger partial charge >= 0.3 is 5.97 Å². The molecule has 0 rings (SSSR count). The highest BCUT2D eigenvalue weighted by molar-refractivity contribution is 5.76. The monoisotopic (exact) mass is 398 g/mol. The van der Waals surface area contributed by atoms with Gasteiger partial charge in [-0.15, -0.1) is 0 Å². The smallest absolute Gasteiger partial charge is 0.305 e. The zero-order chi connectivity index (χ0) is 20.9. The largest absolute Gasteiger partial charge is 0.481 e. The maximum Gasteiger partial charge on any atom is 0.305 e. The Morgan fingerprint density at radius 2 is 0.964 bits per heavy atom. The number of carboxylic acids is 1. The SMILES string of the molecule is CCCCNC(=O)CCCCCCCCCCCCCC(=O)NCCC(=O)O. The minimum Gasteiger partial charge on any atom is -0.481 e. The third kappa shape index (κ3) is 20.7. The maximum absolute atomic E-state index is 11.6. The standard InChI is InChI=1S/C22H42N2O4/c1-2-3-18-23-20(25)15-13-11-9-7-5-4-6-8-10-12-14-16-21(26)24-19-17-22(27)28/h2-19H2,1H3,(H,23,25)(H,24,26)(H,27,28). The lowest BCUT2D eigenvalue weighted by molar-refractivity contribution is -0.137. The van der Waals surface area contributed by atoms with E-state index in [0.29, 0.717) is 12.8 Å². The van der Waals surface area contributed by atoms with Crippen molar-refractivity contribution in [3.8, 4) is 0 Å². The Kier molecular flexibility index (Phi) is 19.0. The van der Waals surface area contributed by atoms with Gasteiger partial charge in [-0.3, -0.25) is 14.4 Å². The summed E-state index contributed by atoms with van der Waals surface area (Å²) in [4.78, 5) is 33.4. The zero-order valence-corrected chi connectivity index (χ0v) is 17.9. The van der Waals surface area contributed by atoms with E-state index < -0.39 is 5.97 Å². The predicted molar refractivity (Wildman–Crippen MR) is 113 cm³/mol. The summed E-state index contributed by atoms with van der Waals surface area (Å²) in [5, 5.41) is 14.1. The molecule has 0 saturated carbocycles. The number of carboxylic acid groups (broad SMARTS) is 1. The van der Waals surface area contributed by atoms with Crippen LogP contribution in [0.25, 0.3) is 0 Å². The van der Waals surface area contributed by atoms with Gasteiger partial charge in [-0.05, 0) is 19.3 Å². The summed E-state index contributed by atoms with van der Waals surface area (Å²) < 4.78 is 0. The van der Waals surface area contributed by atoms with Crippen LogP contribution in [0, 0.1) is 0 Å². The van der Waals surface area contributed by atoms with Crippen LogP contribution in [-0.2, 0) is 14.4 Å². The van der Waals surface area contributed by atoms with Crippen molar-refractivity contribution in [2.24, 2.45) is 0 Å². The first-order valence-electron chi connectivity index (χ1n) is 11.3. The highest BCUT2D eigenvalue weighted by Crippen LogP contribution is 2.12. The molecule has 2 amide bonds. The molecule has 0 aliphatic rings. The van der Waals surface area contributed by atoms with E-state index in [-0.39, 0.29) is 24.8 Å². The molecule has 6 nitrogen and oxygen atoms in total. The summed E-state index contributed by atoms with van der Waals surface area (Å²) in [6.45, 7) is 3.16. The van der Waals surface area contributed by atoms with Crippen LogP contribution in [-0.4, -0.2) is 36.0 Å². The molecule has 0 fully saturated rings. The topological polar surface area (TPSA) is 95.5 Å². The molecule has 6 heteroatoms. The quantitative estimate of drug-likeness (QED) is 0.262. The third-order valence-electron chi connectivity index (χ3n) is 4.82. The fourth-order valence-corrected chi connectivity index (χ4v) is 3.05. The van der Waals surface area contributed by atoms with Crippen molar-refractivity contribution >= 4 is 17.8 Å². The van der Waals surface area contributed by atoms with Gasteiger partial charge in [0.15, 0.2) is 0 Å². The second-order valence-corrected chi connectivity index (χ2v) is 7.59. The molecule has 3 N–H and O–H groups in total. The Morgan fingerprint density at radius 1 is 0.571 bits per heavy atom. The van der Waals surface area contributed by atoms with Gasteiger partial charge in [0.25, 0.3) is 0 Å². The van der Waals surface area contributed by atoms with Gasteiger partial charge < -0.3 is 15.7 Å². The first kappa shape index (κ1) is 26.4. The van der Waals surface area contributed by atoms with E-state index in [1.54, 1.807) is 0 Å². The molecular weight excluding hydrogens is 356 g/mol. The van der Waals surface area contributed by atoms with Gasteiger partial charge in [0.2, 0.25) is 11.8 Å². The number of hydrogen-bond acceptors (Lipinski definition) is 3. The number of unbranched alkanes of at least 4 members (excludes halogenated alkanes) is 11. The number of aliphatic carboxylic acids is 1. The fraction of sp³-hybridized carbons (Fsp3) is 0.864. The Balaban J connectivity index is 3.20. The van der Waals surface area contributed by atoms with Gasteiger partial charge in [0.1, 0.15) is 0 Å². The van der Waals surface area contributed by atoms with E-state index in [4.69, 9.17) is 5.11 Å². The second-order valence-electron chi connectivity index (χ2n) is 7.59. The van der Waals surface area contributed by atoms with E-state index in [2.05, 4.69) is 17.6 Å². The zero-order valence-electron chi connectivity index (χ0n) is 17.9. The van der Waals surface area contributed by atoms with Crippen LogP contribution in [0.4, 0.5) is 0 Å². The van der Waals surface area contributed by atoms with Gasteiger partial charge in [0.05, 0.1) is 6.42 Å². The summed E-state index contributed by atoms with van der Waals surface area (Å²) in [6, 6.07) is 0. The number of rotatable bonds is 20. The molecular formula is C22H42N2O4. The van der Waals surface area contributed by atoms with Gasteiger partial charge in [-0.25, -0.2) is 0 Å². The second kappa shape index (κ2) is 20.2. The predicted octanol–water partition coefficient (Wildman–Crippen LogP) is 4.56. The van der Waals surface area contributed by atoms with Crippen LogP contribution in [0.5, 0.6) is 0 Å². The number of carbonyl (C=O) groups excluding carboxylic acids is 2. The highest BCUT2D eigenvalue weighted by Gasteiger charge is 2.03. The minimum absolute atomic E-state index is 0.0138. The highest BCUT2D eigenvalue weighted by atomic mass is 16.4. The molecule has 164 valence electrons. The third-order valence-corrected chi connectivity index (χ3v) is 4.82. The lowest BCUT2D eigenvalue weighted by Gasteiger charge is -2.05. The van der Waals surface area contributed by atoms with Crippen LogP contribution in [0.15, 0.2) is 0 Å². The summed E-state index contributed by atoms with van der Waals surface area (Å²) in [5.74, 6) is -0.726. The van der Waals surface area contributed by atoms with Crippen LogP contribution in [0.2, 0.25) is 0 Å². The average Bonchev–Trinajstić information content (AvgIpc) is 2.65. The van der Waals surface area contributed by atoms with E-state index in [9.17, 15) is 14.4 Å². The number of amides is 2. The van der Waals surface area contributed by atoms with Crippen molar-refractivity contribution in [2.45, 2.75) is 110 Å². The Bertz CT molecular complexity index is 413. The first-order chi connectivity index (χ1) is 13.6. The van der Waals surface area contributed by atoms with Crippen LogP contribution in [0.1, 0.15) is 110 Å². The number of nitrogens with one attached hydrogen (secondary N) is 2. The van der Waals surface area contributed by atoms with Crippen molar-refractivity contribution < 1.29 is 19.5 Å². The average molecular weight is 399 g/mol. The summed E-state index contributed by atoms with van der Waals surface area (Å²) in [6.07, 6.45) is 16.1.